The van der Waals surface area contributed by atoms with Gasteiger partial charge in [-0.15, -0.1) is 0 Å². The van der Waals surface area contributed by atoms with Crippen molar-refractivity contribution in [3.63, 3.8) is 0 Å². The first-order valence-corrected chi connectivity index (χ1v) is 26.2. The predicted octanol–water partition coefficient (Wildman–Crippen LogP) is 17.2. The maximum atomic E-state index is 12.8. The van der Waals surface area contributed by atoms with Crippen LogP contribution in [0.3, 0.4) is 0 Å². The zero-order chi connectivity index (χ0) is 45.8. The van der Waals surface area contributed by atoms with Crippen LogP contribution in [0.15, 0.2) is 85.1 Å². The Balaban J connectivity index is 4.42. The lowest BCUT2D eigenvalue weighted by Crippen LogP contribution is -2.30. The van der Waals surface area contributed by atoms with Gasteiger partial charge in [0.2, 0.25) is 0 Å². The van der Waals surface area contributed by atoms with E-state index in [9.17, 15) is 14.4 Å². The van der Waals surface area contributed by atoms with Gasteiger partial charge >= 0.3 is 17.9 Å². The Bertz CT molecular complexity index is 1240. The average Bonchev–Trinajstić information content (AvgIpc) is 3.28. The monoisotopic (exact) mass is 877 g/mol. The maximum absolute atomic E-state index is 12.8. The van der Waals surface area contributed by atoms with Gasteiger partial charge in [-0.25, -0.2) is 0 Å². The summed E-state index contributed by atoms with van der Waals surface area (Å²) >= 11 is 0. The van der Waals surface area contributed by atoms with Crippen LogP contribution in [0.2, 0.25) is 0 Å². The molecule has 0 N–H and O–H groups in total. The Hall–Kier alpha value is -3.41. The highest BCUT2D eigenvalue weighted by atomic mass is 16.6. The highest BCUT2D eigenvalue weighted by molar-refractivity contribution is 5.71. The normalized spacial score (nSPS) is 12.7. The molecule has 0 rings (SSSR count). The third-order valence-corrected chi connectivity index (χ3v) is 11.1. The standard InChI is InChI=1S/C57H96O6/c1-4-7-10-13-16-19-22-25-27-28-30-32-35-38-41-44-47-50-56(59)62-53-54(52-61-55(58)49-46-43-40-37-34-31-24-21-18-15-12-9-6-3)63-57(60)51-48-45-42-39-36-33-29-26-23-20-17-14-11-8-5-2/h8-9,11-12,14-15,17-18,20-21,23-24,26,29,54H,4-7,10,13,16,19,22,25,27-28,30-53H2,1-3H3/b11-8+,12-9+,17-14+,18-15+,23-20+,24-21+,29-26+. The van der Waals surface area contributed by atoms with Crippen LogP contribution in [0.1, 0.15) is 239 Å². The molecular formula is C57H96O6. The second-order valence-electron chi connectivity index (χ2n) is 17.2. The molecule has 6 nitrogen and oxygen atoms in total. The number of rotatable bonds is 46. The minimum Gasteiger partial charge on any atom is -0.462 e. The lowest BCUT2D eigenvalue weighted by atomic mass is 10.0. The highest BCUT2D eigenvalue weighted by Gasteiger charge is 2.19. The molecule has 0 radical (unpaired) electrons. The average molecular weight is 877 g/mol. The molecule has 0 spiro atoms. The third kappa shape index (κ3) is 49.5. The fourth-order valence-electron chi connectivity index (χ4n) is 7.16. The van der Waals surface area contributed by atoms with Gasteiger partial charge in [0.15, 0.2) is 6.10 Å². The molecule has 0 amide bonds. The van der Waals surface area contributed by atoms with Crippen molar-refractivity contribution >= 4 is 17.9 Å². The van der Waals surface area contributed by atoms with Gasteiger partial charge in [-0.1, -0.05) is 247 Å². The lowest BCUT2D eigenvalue weighted by molar-refractivity contribution is -0.167. The number of ether oxygens (including phenoxy) is 3. The molecule has 6 heteroatoms. The molecule has 0 heterocycles. The quantitative estimate of drug-likeness (QED) is 0.0262. The minimum absolute atomic E-state index is 0.0919. The number of esters is 3. The Morgan fingerprint density at radius 2 is 0.619 bits per heavy atom. The van der Waals surface area contributed by atoms with Crippen molar-refractivity contribution in [2.75, 3.05) is 13.2 Å². The molecule has 0 aliphatic heterocycles. The molecule has 0 aliphatic carbocycles. The molecule has 0 bridgehead atoms. The maximum Gasteiger partial charge on any atom is 0.306 e. The highest BCUT2D eigenvalue weighted by Crippen LogP contribution is 2.16. The molecule has 360 valence electrons. The van der Waals surface area contributed by atoms with E-state index in [2.05, 4.69) is 87.6 Å². The number of hydrogen-bond acceptors (Lipinski definition) is 6. The zero-order valence-corrected chi connectivity index (χ0v) is 41.1. The van der Waals surface area contributed by atoms with Gasteiger partial charge in [-0.3, -0.25) is 14.4 Å². The summed E-state index contributed by atoms with van der Waals surface area (Å²) in [5.74, 6) is -0.935. The number of carbonyl (C=O) groups is 3. The number of carbonyl (C=O) groups excluding carboxylic acids is 3. The van der Waals surface area contributed by atoms with Crippen molar-refractivity contribution in [1.82, 2.24) is 0 Å². The summed E-state index contributed by atoms with van der Waals surface area (Å²) in [6.45, 7) is 6.34. The summed E-state index contributed by atoms with van der Waals surface area (Å²) in [7, 11) is 0. The van der Waals surface area contributed by atoms with Gasteiger partial charge in [-0.2, -0.15) is 0 Å². The van der Waals surface area contributed by atoms with E-state index in [-0.39, 0.29) is 31.1 Å². The summed E-state index contributed by atoms with van der Waals surface area (Å²) in [6.07, 6.45) is 65.7. The zero-order valence-electron chi connectivity index (χ0n) is 41.1. The number of unbranched alkanes of at least 4 members (excludes halogenated alkanes) is 26. The molecule has 0 saturated carbocycles. The van der Waals surface area contributed by atoms with Gasteiger partial charge < -0.3 is 14.2 Å². The van der Waals surface area contributed by atoms with Gasteiger partial charge in [0.1, 0.15) is 13.2 Å². The summed E-state index contributed by atoms with van der Waals surface area (Å²) in [5, 5.41) is 0. The molecule has 0 saturated heterocycles. The summed E-state index contributed by atoms with van der Waals surface area (Å²) in [4.78, 5) is 38.0. The van der Waals surface area contributed by atoms with Gasteiger partial charge in [0.25, 0.3) is 0 Å². The first-order valence-electron chi connectivity index (χ1n) is 26.2. The molecule has 1 atom stereocenters. The molecular weight excluding hydrogens is 781 g/mol. The lowest BCUT2D eigenvalue weighted by Gasteiger charge is -2.18. The predicted molar refractivity (Wildman–Crippen MR) is 270 cm³/mol. The van der Waals surface area contributed by atoms with Crippen LogP contribution < -0.4 is 0 Å². The molecule has 1 unspecified atom stereocenters. The van der Waals surface area contributed by atoms with Crippen molar-refractivity contribution in [2.24, 2.45) is 0 Å². The van der Waals surface area contributed by atoms with E-state index >= 15 is 0 Å². The third-order valence-electron chi connectivity index (χ3n) is 11.1. The number of allylic oxidation sites excluding steroid dienone is 14. The van der Waals surface area contributed by atoms with Crippen molar-refractivity contribution in [3.05, 3.63) is 85.1 Å². The topological polar surface area (TPSA) is 78.9 Å². The summed E-state index contributed by atoms with van der Waals surface area (Å²) < 4.78 is 16.8. The van der Waals surface area contributed by atoms with E-state index in [1.54, 1.807) is 0 Å². The van der Waals surface area contributed by atoms with Crippen molar-refractivity contribution in [1.29, 1.82) is 0 Å². The molecule has 63 heavy (non-hydrogen) atoms. The van der Waals surface area contributed by atoms with E-state index in [0.29, 0.717) is 19.3 Å². The van der Waals surface area contributed by atoms with E-state index in [4.69, 9.17) is 14.2 Å². The van der Waals surface area contributed by atoms with E-state index in [0.717, 1.165) is 109 Å². The SMILES string of the molecule is CC/C=C/C=C/C=C/C=C/CCCCCCCC(=O)OC(COC(=O)CCCCCCC/C=C/C=C/C=C/CC)COC(=O)CCCCCCCCCCCCCCCCCCC. The second-order valence-corrected chi connectivity index (χ2v) is 17.2. The van der Waals surface area contributed by atoms with Crippen LogP contribution in [0.5, 0.6) is 0 Å². The van der Waals surface area contributed by atoms with E-state index in [1.165, 1.54) is 89.9 Å². The molecule has 0 aromatic rings. The molecule has 0 fully saturated rings. The van der Waals surface area contributed by atoms with Crippen LogP contribution in [0, 0.1) is 0 Å². The first kappa shape index (κ1) is 59.6. The molecule has 0 aromatic heterocycles. The van der Waals surface area contributed by atoms with Crippen LogP contribution in [0.25, 0.3) is 0 Å². The minimum atomic E-state index is -0.796. The molecule has 0 aromatic carbocycles. The Morgan fingerprint density at radius 1 is 0.333 bits per heavy atom. The Kier molecular flexibility index (Phi) is 48.5. The van der Waals surface area contributed by atoms with Crippen molar-refractivity contribution in [3.8, 4) is 0 Å². The smallest absolute Gasteiger partial charge is 0.306 e. The fraction of sp³-hybridized carbons (Fsp3) is 0.702. The van der Waals surface area contributed by atoms with Gasteiger partial charge in [-0.05, 0) is 57.8 Å². The molecule has 0 aliphatic rings. The Labute approximate surface area is 388 Å². The van der Waals surface area contributed by atoms with Crippen molar-refractivity contribution < 1.29 is 28.6 Å². The van der Waals surface area contributed by atoms with E-state index in [1.807, 2.05) is 18.2 Å². The van der Waals surface area contributed by atoms with Crippen molar-refractivity contribution in [2.45, 2.75) is 245 Å². The Morgan fingerprint density at radius 3 is 0.968 bits per heavy atom. The van der Waals surface area contributed by atoms with Gasteiger partial charge in [0.05, 0.1) is 0 Å². The van der Waals surface area contributed by atoms with E-state index < -0.39 is 6.10 Å². The number of hydrogen-bond donors (Lipinski definition) is 0. The fourth-order valence-corrected chi connectivity index (χ4v) is 7.16. The van der Waals surface area contributed by atoms with Gasteiger partial charge in [0, 0.05) is 19.3 Å². The first-order chi connectivity index (χ1) is 31.0. The summed E-state index contributed by atoms with van der Waals surface area (Å²) in [6, 6.07) is 0. The summed E-state index contributed by atoms with van der Waals surface area (Å²) in [5.41, 5.74) is 0. The van der Waals surface area contributed by atoms with Crippen LogP contribution in [0.4, 0.5) is 0 Å². The van der Waals surface area contributed by atoms with Crippen LogP contribution >= 0.6 is 0 Å². The van der Waals surface area contributed by atoms with Crippen LogP contribution in [-0.2, 0) is 28.6 Å². The largest absolute Gasteiger partial charge is 0.462 e. The second kappa shape index (κ2) is 51.2. The van der Waals surface area contributed by atoms with Crippen LogP contribution in [-0.4, -0.2) is 37.2 Å².